The zero-order valence-corrected chi connectivity index (χ0v) is 13.3. The number of pyridine rings is 1. The number of anilines is 1. The molecule has 20 heavy (non-hydrogen) atoms. The van der Waals surface area contributed by atoms with Crippen molar-refractivity contribution in [3.8, 4) is 0 Å². The number of piperazine rings is 1. The van der Waals surface area contributed by atoms with Crippen molar-refractivity contribution in [2.75, 3.05) is 31.1 Å². The Bertz CT molecular complexity index is 485. The SMILES string of the molecule is CC(C)CC(=O)N1CCN(c2ncc(Cl)cc2Cl)CC1. The molecule has 0 bridgehead atoms. The Hall–Kier alpha value is -1.000. The first-order valence-corrected chi connectivity index (χ1v) is 7.56. The van der Waals surface area contributed by atoms with Crippen LogP contribution in [0.5, 0.6) is 0 Å². The molecule has 0 atom stereocenters. The maximum atomic E-state index is 12.0. The van der Waals surface area contributed by atoms with E-state index >= 15 is 0 Å². The quantitative estimate of drug-likeness (QED) is 0.860. The molecule has 0 radical (unpaired) electrons. The van der Waals surface area contributed by atoms with Gasteiger partial charge in [-0.15, -0.1) is 0 Å². The lowest BCUT2D eigenvalue weighted by Crippen LogP contribution is -2.49. The Kier molecular flexibility index (Phi) is 5.11. The minimum absolute atomic E-state index is 0.231. The lowest BCUT2D eigenvalue weighted by molar-refractivity contribution is -0.132. The molecule has 1 aromatic rings. The highest BCUT2D eigenvalue weighted by Gasteiger charge is 2.23. The summed E-state index contributed by atoms with van der Waals surface area (Å²) in [4.78, 5) is 20.3. The molecule has 0 aromatic carbocycles. The molecule has 0 aliphatic carbocycles. The number of carbonyl (C=O) groups excluding carboxylic acids is 1. The summed E-state index contributed by atoms with van der Waals surface area (Å²) in [6, 6.07) is 1.70. The van der Waals surface area contributed by atoms with Gasteiger partial charge in [-0.25, -0.2) is 4.98 Å². The van der Waals surface area contributed by atoms with E-state index in [1.54, 1.807) is 12.3 Å². The van der Waals surface area contributed by atoms with Gasteiger partial charge in [0.1, 0.15) is 5.82 Å². The average Bonchev–Trinajstić information content (AvgIpc) is 2.38. The maximum absolute atomic E-state index is 12.0. The van der Waals surface area contributed by atoms with Gasteiger partial charge in [-0.3, -0.25) is 4.79 Å². The van der Waals surface area contributed by atoms with Crippen molar-refractivity contribution in [1.29, 1.82) is 0 Å². The topological polar surface area (TPSA) is 36.4 Å². The van der Waals surface area contributed by atoms with Crippen molar-refractivity contribution in [2.45, 2.75) is 20.3 Å². The van der Waals surface area contributed by atoms with E-state index < -0.39 is 0 Å². The highest BCUT2D eigenvalue weighted by atomic mass is 35.5. The molecule has 4 nitrogen and oxygen atoms in total. The predicted molar refractivity (Wildman–Crippen MR) is 82.5 cm³/mol. The van der Waals surface area contributed by atoms with Gasteiger partial charge in [0.25, 0.3) is 0 Å². The molecule has 110 valence electrons. The van der Waals surface area contributed by atoms with Gasteiger partial charge in [0, 0.05) is 38.8 Å². The summed E-state index contributed by atoms with van der Waals surface area (Å²) < 4.78 is 0. The first-order valence-electron chi connectivity index (χ1n) is 6.81. The zero-order valence-electron chi connectivity index (χ0n) is 11.8. The molecule has 1 aliphatic rings. The van der Waals surface area contributed by atoms with Gasteiger partial charge >= 0.3 is 0 Å². The number of carbonyl (C=O) groups is 1. The van der Waals surface area contributed by atoms with Gasteiger partial charge in [-0.2, -0.15) is 0 Å². The van der Waals surface area contributed by atoms with E-state index in [2.05, 4.69) is 23.7 Å². The Morgan fingerprint density at radius 2 is 1.95 bits per heavy atom. The highest BCUT2D eigenvalue weighted by molar-refractivity contribution is 6.36. The summed E-state index contributed by atoms with van der Waals surface area (Å²) in [7, 11) is 0. The van der Waals surface area contributed by atoms with Crippen molar-refractivity contribution in [3.63, 3.8) is 0 Å². The Morgan fingerprint density at radius 3 is 2.50 bits per heavy atom. The number of aromatic nitrogens is 1. The molecule has 1 saturated heterocycles. The monoisotopic (exact) mass is 315 g/mol. The van der Waals surface area contributed by atoms with E-state index in [9.17, 15) is 4.79 Å². The van der Waals surface area contributed by atoms with Crippen LogP contribution in [0.25, 0.3) is 0 Å². The third kappa shape index (κ3) is 3.76. The second kappa shape index (κ2) is 6.64. The summed E-state index contributed by atoms with van der Waals surface area (Å²) in [5.41, 5.74) is 0. The molecule has 1 aliphatic heterocycles. The smallest absolute Gasteiger partial charge is 0.222 e. The van der Waals surface area contributed by atoms with Crippen LogP contribution >= 0.6 is 23.2 Å². The number of rotatable bonds is 3. The van der Waals surface area contributed by atoms with Crippen molar-refractivity contribution < 1.29 is 4.79 Å². The zero-order chi connectivity index (χ0) is 14.7. The summed E-state index contributed by atoms with van der Waals surface area (Å²) >= 11 is 12.0. The van der Waals surface area contributed by atoms with E-state index in [1.165, 1.54) is 0 Å². The lowest BCUT2D eigenvalue weighted by atomic mass is 10.1. The third-order valence-electron chi connectivity index (χ3n) is 3.30. The molecular weight excluding hydrogens is 297 g/mol. The number of hydrogen-bond acceptors (Lipinski definition) is 3. The van der Waals surface area contributed by atoms with E-state index in [4.69, 9.17) is 23.2 Å². The molecule has 0 N–H and O–H groups in total. The fourth-order valence-corrected chi connectivity index (χ4v) is 2.79. The minimum Gasteiger partial charge on any atom is -0.352 e. The van der Waals surface area contributed by atoms with Crippen LogP contribution in [-0.2, 0) is 4.79 Å². The van der Waals surface area contributed by atoms with Crippen LogP contribution in [0.15, 0.2) is 12.3 Å². The molecule has 0 unspecified atom stereocenters. The van der Waals surface area contributed by atoms with Crippen LogP contribution in [0.1, 0.15) is 20.3 Å². The minimum atomic E-state index is 0.231. The van der Waals surface area contributed by atoms with Crippen LogP contribution in [0.3, 0.4) is 0 Å². The van der Waals surface area contributed by atoms with Gasteiger partial charge in [0.2, 0.25) is 5.91 Å². The molecule has 0 saturated carbocycles. The lowest BCUT2D eigenvalue weighted by Gasteiger charge is -2.36. The number of hydrogen-bond donors (Lipinski definition) is 0. The first-order chi connectivity index (χ1) is 9.47. The van der Waals surface area contributed by atoms with Crippen molar-refractivity contribution >= 4 is 34.9 Å². The number of amides is 1. The van der Waals surface area contributed by atoms with Crippen molar-refractivity contribution in [3.05, 3.63) is 22.3 Å². The van der Waals surface area contributed by atoms with Crippen molar-refractivity contribution in [2.24, 2.45) is 5.92 Å². The van der Waals surface area contributed by atoms with Gasteiger partial charge in [0.05, 0.1) is 10.0 Å². The van der Waals surface area contributed by atoms with E-state index in [0.29, 0.717) is 35.5 Å². The fourth-order valence-electron chi connectivity index (χ4n) is 2.29. The highest BCUT2D eigenvalue weighted by Crippen LogP contribution is 2.26. The standard InChI is InChI=1S/C14H19Cl2N3O/c1-10(2)7-13(20)18-3-5-19(6-4-18)14-12(16)8-11(15)9-17-14/h8-10H,3-7H2,1-2H3. The van der Waals surface area contributed by atoms with E-state index in [-0.39, 0.29) is 5.91 Å². The maximum Gasteiger partial charge on any atom is 0.222 e. The van der Waals surface area contributed by atoms with Crippen LogP contribution in [0.2, 0.25) is 10.0 Å². The van der Waals surface area contributed by atoms with Crippen LogP contribution in [0, 0.1) is 5.92 Å². The molecule has 1 amide bonds. The normalized spacial score (nSPS) is 15.8. The third-order valence-corrected chi connectivity index (χ3v) is 3.79. The van der Waals surface area contributed by atoms with Gasteiger partial charge in [-0.05, 0) is 12.0 Å². The molecule has 2 rings (SSSR count). The molecule has 1 aromatic heterocycles. The average molecular weight is 316 g/mol. The Morgan fingerprint density at radius 1 is 1.30 bits per heavy atom. The van der Waals surface area contributed by atoms with Crippen LogP contribution < -0.4 is 4.90 Å². The van der Waals surface area contributed by atoms with E-state index in [1.807, 2.05) is 4.90 Å². The number of halogens is 2. The molecule has 6 heteroatoms. The van der Waals surface area contributed by atoms with Crippen LogP contribution in [-0.4, -0.2) is 42.0 Å². The second-order valence-electron chi connectivity index (χ2n) is 5.42. The van der Waals surface area contributed by atoms with Gasteiger partial charge < -0.3 is 9.80 Å². The summed E-state index contributed by atoms with van der Waals surface area (Å²) in [6.45, 7) is 7.05. The van der Waals surface area contributed by atoms with Crippen molar-refractivity contribution in [1.82, 2.24) is 9.88 Å². The molecular formula is C14H19Cl2N3O. The fraction of sp³-hybridized carbons (Fsp3) is 0.571. The number of nitrogens with zero attached hydrogens (tertiary/aromatic N) is 3. The predicted octanol–water partition coefficient (Wildman–Crippen LogP) is 3.08. The molecule has 1 fully saturated rings. The summed E-state index contributed by atoms with van der Waals surface area (Å²) in [5, 5.41) is 1.09. The van der Waals surface area contributed by atoms with Crippen LogP contribution in [0.4, 0.5) is 5.82 Å². The Balaban J connectivity index is 1.95. The Labute approximate surface area is 129 Å². The first kappa shape index (κ1) is 15.4. The summed E-state index contributed by atoms with van der Waals surface area (Å²) in [6.07, 6.45) is 2.21. The second-order valence-corrected chi connectivity index (χ2v) is 6.27. The largest absolute Gasteiger partial charge is 0.352 e. The molecule has 0 spiro atoms. The van der Waals surface area contributed by atoms with E-state index in [0.717, 1.165) is 18.9 Å². The van der Waals surface area contributed by atoms with Gasteiger partial charge in [-0.1, -0.05) is 37.0 Å². The molecule has 2 heterocycles. The summed E-state index contributed by atoms with van der Waals surface area (Å²) in [5.74, 6) is 1.37. The van der Waals surface area contributed by atoms with Gasteiger partial charge in [0.15, 0.2) is 0 Å².